The third-order valence-electron chi connectivity index (χ3n) is 6.59. The van der Waals surface area contributed by atoms with Crippen molar-refractivity contribution in [3.63, 3.8) is 0 Å². The van der Waals surface area contributed by atoms with E-state index in [2.05, 4.69) is 16.1 Å². The number of carbonyl (C=O) groups excluding carboxylic acids is 1. The number of nitrogens with zero attached hydrogens (tertiary/aromatic N) is 3. The minimum absolute atomic E-state index is 0.0507. The largest absolute Gasteiger partial charge is 0.493 e. The van der Waals surface area contributed by atoms with Gasteiger partial charge < -0.3 is 18.9 Å². The Labute approximate surface area is 177 Å². The number of benzene rings is 1. The van der Waals surface area contributed by atoms with Crippen molar-refractivity contribution >= 4 is 5.91 Å². The first-order valence-electron chi connectivity index (χ1n) is 10.6. The summed E-state index contributed by atoms with van der Waals surface area (Å²) < 4.78 is 16.3. The highest BCUT2D eigenvalue weighted by atomic mass is 16.5. The zero-order valence-corrected chi connectivity index (χ0v) is 18.4. The number of aryl methyl sites for hydroxylation is 2. The topological polar surface area (TPSA) is 68.0 Å². The van der Waals surface area contributed by atoms with Crippen LogP contribution in [0.2, 0.25) is 0 Å². The van der Waals surface area contributed by atoms with Gasteiger partial charge in [0.1, 0.15) is 11.3 Å². The van der Waals surface area contributed by atoms with Crippen LogP contribution in [-0.2, 0) is 6.54 Å². The average Bonchev–Trinajstić information content (AvgIpc) is 3.30. The second-order valence-electron chi connectivity index (χ2n) is 8.64. The van der Waals surface area contributed by atoms with Gasteiger partial charge in [-0.1, -0.05) is 17.3 Å². The van der Waals surface area contributed by atoms with E-state index in [9.17, 15) is 4.79 Å². The van der Waals surface area contributed by atoms with Gasteiger partial charge in [0.2, 0.25) is 0 Å². The fraction of sp³-hybridized carbons (Fsp3) is 0.565. The molecule has 4 rings (SSSR count). The number of hydrogen-bond donors (Lipinski definition) is 0. The number of carbonyl (C=O) groups is 1. The van der Waals surface area contributed by atoms with Crippen LogP contribution in [0.25, 0.3) is 0 Å². The zero-order valence-electron chi connectivity index (χ0n) is 18.4. The summed E-state index contributed by atoms with van der Waals surface area (Å²) in [4.78, 5) is 17.6. The normalized spacial score (nSPS) is 21.9. The second kappa shape index (κ2) is 8.30. The van der Waals surface area contributed by atoms with Crippen LogP contribution in [0.15, 0.2) is 22.7 Å². The Balaban J connectivity index is 1.46. The van der Waals surface area contributed by atoms with Crippen molar-refractivity contribution in [3.05, 3.63) is 40.8 Å². The van der Waals surface area contributed by atoms with Crippen molar-refractivity contribution in [1.82, 2.24) is 15.0 Å². The van der Waals surface area contributed by atoms with E-state index in [0.29, 0.717) is 17.0 Å². The van der Waals surface area contributed by atoms with Gasteiger partial charge in [0.15, 0.2) is 11.5 Å². The lowest BCUT2D eigenvalue weighted by molar-refractivity contribution is 0.0672. The van der Waals surface area contributed by atoms with Crippen LogP contribution in [0.1, 0.15) is 46.6 Å². The molecule has 162 valence electrons. The average molecular weight is 414 g/mol. The molecule has 3 heterocycles. The van der Waals surface area contributed by atoms with Crippen molar-refractivity contribution in [2.24, 2.45) is 5.41 Å². The summed E-state index contributed by atoms with van der Waals surface area (Å²) in [6, 6.07) is 6.04. The quantitative estimate of drug-likeness (QED) is 0.748. The van der Waals surface area contributed by atoms with Gasteiger partial charge in [0, 0.05) is 37.2 Å². The van der Waals surface area contributed by atoms with Crippen molar-refractivity contribution in [1.29, 1.82) is 0 Å². The summed E-state index contributed by atoms with van der Waals surface area (Å²) in [5.74, 6) is 2.23. The number of likely N-dealkylation sites (tertiary alicyclic amines) is 2. The minimum Gasteiger partial charge on any atom is -0.493 e. The molecule has 0 saturated carbocycles. The molecule has 30 heavy (non-hydrogen) atoms. The molecule has 1 aromatic carbocycles. The first-order valence-corrected chi connectivity index (χ1v) is 10.6. The van der Waals surface area contributed by atoms with Crippen molar-refractivity contribution in [3.8, 4) is 11.5 Å². The Morgan fingerprint density at radius 1 is 1.17 bits per heavy atom. The van der Waals surface area contributed by atoms with Crippen molar-refractivity contribution in [2.75, 3.05) is 40.4 Å². The molecule has 2 fully saturated rings. The molecule has 0 radical (unpaired) electrons. The van der Waals surface area contributed by atoms with Crippen LogP contribution < -0.4 is 9.47 Å². The Hall–Kier alpha value is -2.54. The number of rotatable bonds is 5. The number of aromatic nitrogens is 1. The van der Waals surface area contributed by atoms with Gasteiger partial charge in [-0.15, -0.1) is 0 Å². The molecule has 1 unspecified atom stereocenters. The molecule has 7 nitrogen and oxygen atoms in total. The predicted molar refractivity (Wildman–Crippen MR) is 113 cm³/mol. The van der Waals surface area contributed by atoms with E-state index in [1.807, 2.05) is 30.9 Å². The highest BCUT2D eigenvalue weighted by Gasteiger charge is 2.43. The molecular weight excluding hydrogens is 382 g/mol. The molecule has 1 amide bonds. The monoisotopic (exact) mass is 413 g/mol. The molecule has 0 N–H and O–H groups in total. The summed E-state index contributed by atoms with van der Waals surface area (Å²) in [6.07, 6.45) is 3.33. The molecule has 2 aliphatic heterocycles. The maximum absolute atomic E-state index is 13.1. The van der Waals surface area contributed by atoms with Gasteiger partial charge in [0.25, 0.3) is 5.91 Å². The molecule has 2 aromatic rings. The van der Waals surface area contributed by atoms with Crippen molar-refractivity contribution in [2.45, 2.75) is 39.7 Å². The summed E-state index contributed by atoms with van der Waals surface area (Å²) in [5, 5.41) is 3.95. The van der Waals surface area contributed by atoms with Crippen LogP contribution in [0.3, 0.4) is 0 Å². The van der Waals surface area contributed by atoms with Crippen LogP contribution in [-0.4, -0.2) is 61.3 Å². The lowest BCUT2D eigenvalue weighted by atomic mass is 9.79. The first kappa shape index (κ1) is 20.7. The maximum Gasteiger partial charge on any atom is 0.259 e. The van der Waals surface area contributed by atoms with Crippen LogP contribution in [0.5, 0.6) is 11.5 Å². The van der Waals surface area contributed by atoms with E-state index in [-0.39, 0.29) is 11.3 Å². The number of methoxy groups -OCH3 is 2. The van der Waals surface area contributed by atoms with E-state index in [0.717, 1.165) is 69.0 Å². The molecule has 2 aliphatic rings. The van der Waals surface area contributed by atoms with Crippen LogP contribution >= 0.6 is 0 Å². The molecule has 1 atom stereocenters. The minimum atomic E-state index is 0.0507. The summed E-state index contributed by atoms with van der Waals surface area (Å²) >= 11 is 0. The smallest absolute Gasteiger partial charge is 0.259 e. The zero-order chi connectivity index (χ0) is 21.3. The Bertz CT molecular complexity index is 906. The third kappa shape index (κ3) is 3.78. The lowest BCUT2D eigenvalue weighted by Gasteiger charge is -2.40. The van der Waals surface area contributed by atoms with Gasteiger partial charge in [-0.2, -0.15) is 0 Å². The van der Waals surface area contributed by atoms with Gasteiger partial charge in [-0.25, -0.2) is 0 Å². The van der Waals surface area contributed by atoms with E-state index in [1.54, 1.807) is 14.2 Å². The fourth-order valence-electron chi connectivity index (χ4n) is 5.15. The highest BCUT2D eigenvalue weighted by Crippen LogP contribution is 2.41. The number of ether oxygens (including phenoxy) is 2. The maximum atomic E-state index is 13.1. The summed E-state index contributed by atoms with van der Waals surface area (Å²) in [5.41, 5.74) is 2.59. The van der Waals surface area contributed by atoms with Gasteiger partial charge >= 0.3 is 0 Å². The third-order valence-corrected chi connectivity index (χ3v) is 6.59. The molecule has 7 heteroatoms. The first-order chi connectivity index (χ1) is 14.5. The summed E-state index contributed by atoms with van der Waals surface area (Å²) in [7, 11) is 3.36. The van der Waals surface area contributed by atoms with Gasteiger partial charge in [0.05, 0.1) is 19.9 Å². The molecular formula is C23H31N3O4. The van der Waals surface area contributed by atoms with Gasteiger partial charge in [-0.3, -0.25) is 9.69 Å². The van der Waals surface area contributed by atoms with Crippen LogP contribution in [0, 0.1) is 19.3 Å². The Morgan fingerprint density at radius 2 is 2.00 bits per heavy atom. The molecule has 1 spiro atoms. The van der Waals surface area contributed by atoms with E-state index in [4.69, 9.17) is 14.0 Å². The second-order valence-corrected chi connectivity index (χ2v) is 8.64. The standard InChI is InChI=1S/C23H31N3O4/c1-16-20(17(2)30-24-16)22(27)26-12-10-23(15-26)9-6-11-25(14-23)13-18-7-5-8-19(28-3)21(18)29-4/h5,7-8H,6,9-15H2,1-4H3. The van der Waals surface area contributed by atoms with Crippen LogP contribution in [0.4, 0.5) is 0 Å². The van der Waals surface area contributed by atoms with E-state index >= 15 is 0 Å². The molecule has 2 saturated heterocycles. The molecule has 0 aliphatic carbocycles. The Kier molecular flexibility index (Phi) is 5.73. The highest BCUT2D eigenvalue weighted by molar-refractivity contribution is 5.96. The van der Waals surface area contributed by atoms with Crippen molar-refractivity contribution < 1.29 is 18.8 Å². The number of piperidine rings is 1. The number of amides is 1. The van der Waals surface area contributed by atoms with E-state index < -0.39 is 0 Å². The lowest BCUT2D eigenvalue weighted by Crippen LogP contribution is -2.45. The fourth-order valence-corrected chi connectivity index (χ4v) is 5.15. The number of hydrogen-bond acceptors (Lipinski definition) is 6. The molecule has 0 bridgehead atoms. The molecule has 1 aromatic heterocycles. The Morgan fingerprint density at radius 3 is 2.70 bits per heavy atom. The number of para-hydroxylation sites is 1. The summed E-state index contributed by atoms with van der Waals surface area (Å²) in [6.45, 7) is 8.09. The predicted octanol–water partition coefficient (Wildman–Crippen LogP) is 3.44. The SMILES string of the molecule is COc1cccc(CN2CCCC3(CCN(C(=O)c4c(C)noc4C)C3)C2)c1OC. The van der Waals surface area contributed by atoms with E-state index in [1.165, 1.54) is 0 Å². The van der Waals surface area contributed by atoms with Gasteiger partial charge in [-0.05, 0) is 45.7 Å².